The molecule has 0 radical (unpaired) electrons. The van der Waals surface area contributed by atoms with Crippen LogP contribution in [-0.4, -0.2) is 15.8 Å². The fourth-order valence-electron chi connectivity index (χ4n) is 1.52. The molecule has 1 aromatic heterocycles. The number of benzene rings is 1. The molecule has 2 rings (SSSR count). The summed E-state index contributed by atoms with van der Waals surface area (Å²) >= 11 is 1.38. The van der Waals surface area contributed by atoms with Gasteiger partial charge in [0.1, 0.15) is 0 Å². The number of hydrogen-bond acceptors (Lipinski definition) is 3. The van der Waals surface area contributed by atoms with Crippen LogP contribution in [0.5, 0.6) is 0 Å². The molecule has 2 amide bonds. The van der Waals surface area contributed by atoms with Gasteiger partial charge in [0.05, 0.1) is 10.2 Å². The zero-order chi connectivity index (χ0) is 12.3. The molecule has 1 aromatic carbocycles. The second kappa shape index (κ2) is 4.94. The predicted octanol–water partition coefficient (Wildman–Crippen LogP) is 1.89. The second-order valence-electron chi connectivity index (χ2n) is 3.28. The number of nitrogens with zero attached hydrogens (tertiary/aromatic N) is 2. The van der Waals surface area contributed by atoms with E-state index in [0.29, 0.717) is 11.3 Å². The van der Waals surface area contributed by atoms with Crippen molar-refractivity contribution in [3.8, 4) is 0 Å². The molecule has 0 saturated heterocycles. The molecular weight excluding hydrogens is 238 g/mol. The molecule has 0 saturated carbocycles. The second-order valence-corrected chi connectivity index (χ2v) is 4.29. The van der Waals surface area contributed by atoms with Crippen molar-refractivity contribution in [3.05, 3.63) is 41.7 Å². The number of fused-ring (bicyclic) bond motifs is 1. The van der Waals surface area contributed by atoms with E-state index < -0.39 is 6.03 Å². The summed E-state index contributed by atoms with van der Waals surface area (Å²) in [4.78, 5) is 15.3. The molecule has 0 aliphatic carbocycles. The topological polar surface area (TPSA) is 66.6 Å². The van der Waals surface area contributed by atoms with Crippen molar-refractivity contribution >= 4 is 27.6 Å². The van der Waals surface area contributed by atoms with Gasteiger partial charge in [-0.25, -0.2) is 10.3 Å². The van der Waals surface area contributed by atoms with Crippen molar-refractivity contribution < 1.29 is 10.0 Å². The number of hydroxylamine groups is 1. The fourth-order valence-corrected chi connectivity index (χ4v) is 2.56. The largest absolute Gasteiger partial charge is 0.367 e. The molecule has 0 aliphatic rings. The van der Waals surface area contributed by atoms with E-state index in [9.17, 15) is 4.79 Å². The van der Waals surface area contributed by atoms with Crippen molar-refractivity contribution in [2.45, 2.75) is 6.54 Å². The molecule has 5 nitrogen and oxygen atoms in total. The maximum absolute atomic E-state index is 11.1. The van der Waals surface area contributed by atoms with Gasteiger partial charge in [-0.05, 0) is 12.1 Å². The molecule has 17 heavy (non-hydrogen) atoms. The Kier molecular flexibility index (Phi) is 3.36. The summed E-state index contributed by atoms with van der Waals surface area (Å²) in [5.74, 6) is 0. The quantitative estimate of drug-likeness (QED) is 0.485. The molecular formula is C11H11N3O2S. The molecule has 88 valence electrons. The van der Waals surface area contributed by atoms with Gasteiger partial charge in [0, 0.05) is 6.54 Å². The highest BCUT2D eigenvalue weighted by atomic mass is 32.1. The van der Waals surface area contributed by atoms with Crippen molar-refractivity contribution in [2.75, 3.05) is 0 Å². The van der Waals surface area contributed by atoms with Gasteiger partial charge in [-0.1, -0.05) is 29.5 Å². The molecule has 2 N–H and O–H groups in total. The molecule has 0 spiro atoms. The van der Waals surface area contributed by atoms with Gasteiger partial charge in [-0.2, -0.15) is 4.99 Å². The van der Waals surface area contributed by atoms with Crippen LogP contribution in [0.1, 0.15) is 0 Å². The number of urea groups is 1. The minimum absolute atomic E-state index is 0.526. The van der Waals surface area contributed by atoms with Gasteiger partial charge in [0.2, 0.25) is 0 Å². The number of amides is 2. The number of carbonyl (C=O) groups excluding carboxylic acids is 1. The maximum atomic E-state index is 11.1. The van der Waals surface area contributed by atoms with Gasteiger partial charge in [-0.3, -0.25) is 5.21 Å². The highest BCUT2D eigenvalue weighted by molar-refractivity contribution is 7.16. The highest BCUT2D eigenvalue weighted by Crippen LogP contribution is 2.16. The summed E-state index contributed by atoms with van der Waals surface area (Å²) in [6.07, 6.45) is 1.73. The Morgan fingerprint density at radius 3 is 3.06 bits per heavy atom. The Bertz CT molecular complexity index is 627. The first-order valence-electron chi connectivity index (χ1n) is 4.94. The predicted molar refractivity (Wildman–Crippen MR) is 65.9 cm³/mol. The third-order valence-electron chi connectivity index (χ3n) is 2.19. The highest BCUT2D eigenvalue weighted by Gasteiger charge is 2.05. The number of para-hydroxylation sites is 1. The summed E-state index contributed by atoms with van der Waals surface area (Å²) in [6.45, 7) is 4.23. The molecule has 0 bridgehead atoms. The van der Waals surface area contributed by atoms with Crippen LogP contribution >= 0.6 is 11.3 Å². The van der Waals surface area contributed by atoms with Crippen LogP contribution in [0.25, 0.3) is 10.2 Å². The van der Waals surface area contributed by atoms with Crippen LogP contribution in [0, 0.1) is 0 Å². The van der Waals surface area contributed by atoms with E-state index >= 15 is 0 Å². The molecule has 0 aliphatic heterocycles. The van der Waals surface area contributed by atoms with Crippen LogP contribution in [0.15, 0.2) is 41.9 Å². The lowest BCUT2D eigenvalue weighted by Gasteiger charge is -1.99. The average Bonchev–Trinajstić information content (AvgIpc) is 2.68. The number of thiazole rings is 1. The molecule has 0 atom stereocenters. The Hall–Kier alpha value is -1.92. The number of aromatic nitrogens is 1. The average molecular weight is 249 g/mol. The van der Waals surface area contributed by atoms with E-state index in [1.807, 2.05) is 28.8 Å². The normalized spacial score (nSPS) is 11.7. The molecule has 0 fully saturated rings. The Labute approximate surface area is 101 Å². The number of carbonyl (C=O) groups is 1. The summed E-state index contributed by atoms with van der Waals surface area (Å²) in [6, 6.07) is 6.97. The molecule has 0 unspecified atom stereocenters. The van der Waals surface area contributed by atoms with Crippen LogP contribution in [0.4, 0.5) is 4.79 Å². The van der Waals surface area contributed by atoms with E-state index in [4.69, 9.17) is 5.21 Å². The maximum Gasteiger partial charge on any atom is 0.367 e. The van der Waals surface area contributed by atoms with Gasteiger partial charge < -0.3 is 4.57 Å². The van der Waals surface area contributed by atoms with E-state index in [1.165, 1.54) is 16.8 Å². The fraction of sp³-hybridized carbons (Fsp3) is 0.0909. The first-order valence-corrected chi connectivity index (χ1v) is 5.76. The lowest BCUT2D eigenvalue weighted by atomic mass is 10.3. The first kappa shape index (κ1) is 11.6. The van der Waals surface area contributed by atoms with Gasteiger partial charge in [-0.15, -0.1) is 6.58 Å². The van der Waals surface area contributed by atoms with Crippen LogP contribution < -0.4 is 10.3 Å². The monoisotopic (exact) mass is 249 g/mol. The zero-order valence-corrected chi connectivity index (χ0v) is 9.78. The third-order valence-corrected chi connectivity index (χ3v) is 3.25. The van der Waals surface area contributed by atoms with Crippen molar-refractivity contribution in [1.82, 2.24) is 10.0 Å². The number of rotatable bonds is 2. The minimum atomic E-state index is -0.783. The van der Waals surface area contributed by atoms with Crippen molar-refractivity contribution in [1.29, 1.82) is 0 Å². The summed E-state index contributed by atoms with van der Waals surface area (Å²) in [5, 5.41) is 8.47. The van der Waals surface area contributed by atoms with E-state index in [1.54, 1.807) is 6.08 Å². The Balaban J connectivity index is 2.69. The van der Waals surface area contributed by atoms with Crippen LogP contribution in [0.3, 0.4) is 0 Å². The van der Waals surface area contributed by atoms with E-state index in [-0.39, 0.29) is 0 Å². The zero-order valence-electron chi connectivity index (χ0n) is 8.96. The lowest BCUT2D eigenvalue weighted by Crippen LogP contribution is -2.21. The Morgan fingerprint density at radius 1 is 1.59 bits per heavy atom. The SMILES string of the molecule is C=CCn1c(=NC(=O)NO)sc2ccccc21. The Morgan fingerprint density at radius 2 is 2.35 bits per heavy atom. The molecule has 1 heterocycles. The van der Waals surface area contributed by atoms with Gasteiger partial charge in [0.15, 0.2) is 4.80 Å². The number of nitrogens with one attached hydrogen (secondary N) is 1. The number of hydrogen-bond donors (Lipinski definition) is 2. The van der Waals surface area contributed by atoms with E-state index in [2.05, 4.69) is 11.6 Å². The van der Waals surface area contributed by atoms with Gasteiger partial charge >= 0.3 is 6.03 Å². The smallest absolute Gasteiger partial charge is 0.312 e. The summed E-state index contributed by atoms with van der Waals surface area (Å²) < 4.78 is 2.89. The third kappa shape index (κ3) is 2.27. The van der Waals surface area contributed by atoms with E-state index in [0.717, 1.165) is 10.2 Å². The van der Waals surface area contributed by atoms with Gasteiger partial charge in [0.25, 0.3) is 0 Å². The first-order chi connectivity index (χ1) is 8.26. The van der Waals surface area contributed by atoms with Crippen molar-refractivity contribution in [3.63, 3.8) is 0 Å². The van der Waals surface area contributed by atoms with Crippen LogP contribution in [0.2, 0.25) is 0 Å². The van der Waals surface area contributed by atoms with Crippen molar-refractivity contribution in [2.24, 2.45) is 4.99 Å². The summed E-state index contributed by atoms with van der Waals surface area (Å²) in [5.41, 5.74) is 2.48. The molecule has 6 heteroatoms. The lowest BCUT2D eigenvalue weighted by molar-refractivity contribution is 0.168. The summed E-state index contributed by atoms with van der Waals surface area (Å²) in [7, 11) is 0. The molecule has 2 aromatic rings. The van der Waals surface area contributed by atoms with Crippen LogP contribution in [-0.2, 0) is 6.54 Å². The standard InChI is InChI=1S/C11H11N3O2S/c1-2-7-14-8-5-3-4-6-9(8)17-11(14)12-10(15)13-16/h2-6,16H,1,7H2,(H,13,15). The minimum Gasteiger partial charge on any atom is -0.312 e. The number of allylic oxidation sites excluding steroid dienone is 1.